The third-order valence-electron chi connectivity index (χ3n) is 7.54. The topological polar surface area (TPSA) is 105 Å². The van der Waals surface area contributed by atoms with Crippen LogP contribution in [-0.4, -0.2) is 63.6 Å². The largest absolute Gasteiger partial charge is 0.466 e. The first-order chi connectivity index (χ1) is 17.4. The molecule has 2 aromatic rings. The highest BCUT2D eigenvalue weighted by Gasteiger charge is 2.77. The molecule has 7 atom stereocenters. The van der Waals surface area contributed by atoms with E-state index < -0.39 is 41.6 Å². The van der Waals surface area contributed by atoms with Crippen LogP contribution in [0.3, 0.4) is 0 Å². The van der Waals surface area contributed by atoms with E-state index in [2.05, 4.69) is 21.2 Å². The zero-order valence-electron chi connectivity index (χ0n) is 19.9. The van der Waals surface area contributed by atoms with Crippen molar-refractivity contribution in [2.45, 2.75) is 48.5 Å². The molecule has 0 saturated carbocycles. The molecule has 3 fully saturated rings. The highest BCUT2D eigenvalue weighted by atomic mass is 79.9. The van der Waals surface area contributed by atoms with Gasteiger partial charge in [0, 0.05) is 11.4 Å². The van der Waals surface area contributed by atoms with Crippen LogP contribution in [0.5, 0.6) is 0 Å². The lowest BCUT2D eigenvalue weighted by Gasteiger charge is -2.37. The van der Waals surface area contributed by atoms with E-state index in [1.54, 1.807) is 6.92 Å². The first kappa shape index (κ1) is 24.9. The zero-order valence-corrected chi connectivity index (χ0v) is 21.5. The molecule has 2 aromatic carbocycles. The minimum atomic E-state index is -1.21. The van der Waals surface area contributed by atoms with E-state index >= 15 is 0 Å². The van der Waals surface area contributed by atoms with Crippen molar-refractivity contribution in [2.75, 3.05) is 13.2 Å². The molecule has 3 saturated heterocycles. The number of likely N-dealkylation sites (tertiary alicyclic amines) is 1. The molecule has 0 aliphatic carbocycles. The summed E-state index contributed by atoms with van der Waals surface area (Å²) in [6.07, 6.45) is -0.189. The van der Waals surface area contributed by atoms with Crippen LogP contribution in [0.4, 0.5) is 0 Å². The van der Waals surface area contributed by atoms with Crippen LogP contribution in [0.25, 0.3) is 0 Å². The van der Waals surface area contributed by atoms with Gasteiger partial charge < -0.3 is 24.8 Å². The van der Waals surface area contributed by atoms with Gasteiger partial charge in [-0.25, -0.2) is 0 Å². The first-order valence-electron chi connectivity index (χ1n) is 12.2. The van der Waals surface area contributed by atoms with Gasteiger partial charge in [-0.1, -0.05) is 76.6 Å². The summed E-state index contributed by atoms with van der Waals surface area (Å²) in [5, 5.41) is 13.4. The number of fused-ring (bicyclic) bond motifs is 1. The summed E-state index contributed by atoms with van der Waals surface area (Å²) in [6, 6.07) is 16.8. The van der Waals surface area contributed by atoms with Crippen LogP contribution in [0.1, 0.15) is 30.5 Å². The summed E-state index contributed by atoms with van der Waals surface area (Å²) in [5.41, 5.74) is 0.399. The Labute approximate surface area is 218 Å². The second-order valence-electron chi connectivity index (χ2n) is 9.47. The highest BCUT2D eigenvalue weighted by molar-refractivity contribution is 9.09. The van der Waals surface area contributed by atoms with Crippen molar-refractivity contribution in [3.63, 3.8) is 0 Å². The van der Waals surface area contributed by atoms with Crippen molar-refractivity contribution in [2.24, 2.45) is 11.8 Å². The molecule has 2 amide bonds. The molecule has 2 bridgehead atoms. The van der Waals surface area contributed by atoms with Gasteiger partial charge in [0.25, 0.3) is 0 Å². The molecule has 36 heavy (non-hydrogen) atoms. The molecule has 3 unspecified atom stereocenters. The summed E-state index contributed by atoms with van der Waals surface area (Å²) < 4.78 is 11.8. The average molecular weight is 557 g/mol. The number of amides is 2. The lowest BCUT2D eigenvalue weighted by Crippen LogP contribution is -2.56. The molecule has 3 aliphatic heterocycles. The van der Waals surface area contributed by atoms with E-state index in [1.807, 2.05) is 60.7 Å². The number of carbonyl (C=O) groups excluding carboxylic acids is 3. The maximum absolute atomic E-state index is 14.1. The number of alkyl halides is 1. The molecule has 3 aliphatic rings. The number of benzene rings is 2. The van der Waals surface area contributed by atoms with Gasteiger partial charge in [0.2, 0.25) is 11.8 Å². The molecule has 0 radical (unpaired) electrons. The third-order valence-corrected chi connectivity index (χ3v) is 8.38. The molecule has 1 spiro atoms. The maximum atomic E-state index is 14.1. The fourth-order valence-electron chi connectivity index (χ4n) is 6.12. The van der Waals surface area contributed by atoms with Crippen LogP contribution in [0, 0.1) is 11.8 Å². The number of nitrogens with zero attached hydrogens (tertiary/aromatic N) is 1. The molecule has 3 heterocycles. The zero-order chi connectivity index (χ0) is 25.4. The number of rotatable bonds is 8. The van der Waals surface area contributed by atoms with E-state index in [9.17, 15) is 19.5 Å². The standard InChI is InChI=1S/C27H29BrN2O6/c1-2-35-26(34)20-21-25(33)30(19(15-31)17-11-7-4-8-12-17)23(27(21)13-18(28)22(20)36-27)24(32)29-14-16-9-5-3-6-10-16/h3-12,18-23,31H,2,13-15H2,1H3,(H,29,32)/t18?,19-,20-,21+,22-,23?,27?/m1/s1. The molecule has 5 rings (SSSR count). The first-order valence-corrected chi connectivity index (χ1v) is 13.1. The van der Waals surface area contributed by atoms with Crippen molar-refractivity contribution in [1.82, 2.24) is 10.2 Å². The lowest BCUT2D eigenvalue weighted by molar-refractivity contribution is -0.155. The Morgan fingerprint density at radius 3 is 2.50 bits per heavy atom. The Balaban J connectivity index is 1.56. The van der Waals surface area contributed by atoms with Gasteiger partial charge in [-0.3, -0.25) is 14.4 Å². The van der Waals surface area contributed by atoms with Crippen LogP contribution in [-0.2, 0) is 30.4 Å². The van der Waals surface area contributed by atoms with Gasteiger partial charge in [-0.05, 0) is 24.5 Å². The Kier molecular flexibility index (Phi) is 6.89. The number of esters is 1. The molecule has 8 nitrogen and oxygen atoms in total. The van der Waals surface area contributed by atoms with Crippen LogP contribution >= 0.6 is 15.9 Å². The summed E-state index contributed by atoms with van der Waals surface area (Å²) >= 11 is 3.63. The fraction of sp³-hybridized carbons (Fsp3) is 0.444. The maximum Gasteiger partial charge on any atom is 0.312 e. The van der Waals surface area contributed by atoms with Gasteiger partial charge in [0.05, 0.1) is 37.2 Å². The van der Waals surface area contributed by atoms with Crippen molar-refractivity contribution < 1.29 is 29.0 Å². The van der Waals surface area contributed by atoms with Gasteiger partial charge in [0.15, 0.2) is 0 Å². The number of ether oxygens (including phenoxy) is 2. The second kappa shape index (κ2) is 9.95. The number of aliphatic hydroxyl groups is 1. The number of halogens is 1. The van der Waals surface area contributed by atoms with Crippen molar-refractivity contribution in [3.05, 3.63) is 71.8 Å². The number of aliphatic hydroxyl groups excluding tert-OH is 1. The minimum Gasteiger partial charge on any atom is -0.466 e. The highest BCUT2D eigenvalue weighted by Crippen LogP contribution is 2.61. The predicted molar refractivity (Wildman–Crippen MR) is 134 cm³/mol. The Morgan fingerprint density at radius 1 is 1.19 bits per heavy atom. The van der Waals surface area contributed by atoms with E-state index in [1.165, 1.54) is 4.90 Å². The number of hydrogen-bond acceptors (Lipinski definition) is 6. The minimum absolute atomic E-state index is 0.177. The van der Waals surface area contributed by atoms with E-state index in [4.69, 9.17) is 9.47 Å². The Hall–Kier alpha value is -2.75. The van der Waals surface area contributed by atoms with Crippen molar-refractivity contribution >= 4 is 33.7 Å². The SMILES string of the molecule is CCOC(=O)[C@H]1[C@@H]2OC3(CC2Br)C(C(=O)NCc2ccccc2)N([C@H](CO)c2ccccc2)C(=O)[C@H]13. The van der Waals surface area contributed by atoms with Crippen molar-refractivity contribution in [3.8, 4) is 0 Å². The lowest BCUT2D eigenvalue weighted by atomic mass is 9.70. The van der Waals surface area contributed by atoms with E-state index in [-0.39, 0.29) is 36.4 Å². The van der Waals surface area contributed by atoms with Crippen molar-refractivity contribution in [1.29, 1.82) is 0 Å². The molecule has 190 valence electrons. The molecular formula is C27H29BrN2O6. The number of nitrogens with one attached hydrogen (secondary N) is 1. The summed E-state index contributed by atoms with van der Waals surface area (Å²) in [7, 11) is 0. The summed E-state index contributed by atoms with van der Waals surface area (Å²) in [6.45, 7) is 1.78. The summed E-state index contributed by atoms with van der Waals surface area (Å²) in [5.74, 6) is -2.97. The Morgan fingerprint density at radius 2 is 1.86 bits per heavy atom. The van der Waals surface area contributed by atoms with E-state index in [0.29, 0.717) is 12.0 Å². The normalized spacial score (nSPS) is 31.2. The summed E-state index contributed by atoms with van der Waals surface area (Å²) in [4.78, 5) is 42.2. The van der Waals surface area contributed by atoms with Gasteiger partial charge in [-0.15, -0.1) is 0 Å². The van der Waals surface area contributed by atoms with E-state index in [0.717, 1.165) is 5.56 Å². The third kappa shape index (κ3) is 3.93. The van der Waals surface area contributed by atoms with Crippen LogP contribution < -0.4 is 5.32 Å². The molecular weight excluding hydrogens is 528 g/mol. The predicted octanol–water partition coefficient (Wildman–Crippen LogP) is 2.35. The molecule has 2 N–H and O–H groups in total. The molecule has 9 heteroatoms. The second-order valence-corrected chi connectivity index (χ2v) is 10.6. The van der Waals surface area contributed by atoms with Gasteiger partial charge in [-0.2, -0.15) is 0 Å². The smallest absolute Gasteiger partial charge is 0.312 e. The van der Waals surface area contributed by atoms with Crippen LogP contribution in [0.2, 0.25) is 0 Å². The molecule has 0 aromatic heterocycles. The Bertz CT molecular complexity index is 1130. The fourth-order valence-corrected chi connectivity index (χ4v) is 7.06. The number of carbonyl (C=O) groups is 3. The monoisotopic (exact) mass is 556 g/mol. The average Bonchev–Trinajstić information content (AvgIpc) is 3.48. The van der Waals surface area contributed by atoms with Gasteiger partial charge >= 0.3 is 5.97 Å². The quantitative estimate of drug-likeness (QED) is 0.382. The van der Waals surface area contributed by atoms with Crippen LogP contribution in [0.15, 0.2) is 60.7 Å². The van der Waals surface area contributed by atoms with Gasteiger partial charge in [0.1, 0.15) is 11.6 Å². The number of hydrogen-bond donors (Lipinski definition) is 2.